The molecule has 0 saturated heterocycles. The van der Waals surface area contributed by atoms with Gasteiger partial charge in [-0.2, -0.15) is 0 Å². The Balaban J connectivity index is 2.23. The van der Waals surface area contributed by atoms with Crippen molar-refractivity contribution in [1.29, 1.82) is 0 Å². The van der Waals surface area contributed by atoms with Crippen LogP contribution < -0.4 is 10.5 Å². The molecule has 0 fully saturated rings. The third-order valence-corrected chi connectivity index (χ3v) is 5.09. The first-order valence-corrected chi connectivity index (χ1v) is 9.67. The average molecular weight is 390 g/mol. The second-order valence-corrected chi connectivity index (χ2v) is 8.66. The third-order valence-electron chi connectivity index (χ3n) is 3.73. The number of hydrogen-bond acceptors (Lipinski definition) is 6. The Bertz CT molecular complexity index is 962. The summed E-state index contributed by atoms with van der Waals surface area (Å²) in [5.74, 6) is -1.04. The number of nitrogens with one attached hydrogen (secondary N) is 1. The van der Waals surface area contributed by atoms with Gasteiger partial charge in [0.2, 0.25) is 0 Å². The van der Waals surface area contributed by atoms with Crippen LogP contribution in [0.3, 0.4) is 0 Å². The van der Waals surface area contributed by atoms with Crippen molar-refractivity contribution >= 4 is 33.2 Å². The topological polar surface area (TPSA) is 116 Å². The molecule has 0 aliphatic carbocycles. The minimum absolute atomic E-state index is 0.00619. The summed E-state index contributed by atoms with van der Waals surface area (Å²) in [6.07, 6.45) is 0. The molecule has 0 aliphatic rings. The lowest BCUT2D eigenvalue weighted by atomic mass is 9.91. The van der Waals surface area contributed by atoms with Crippen LogP contribution in [0.25, 0.3) is 0 Å². The van der Waals surface area contributed by atoms with E-state index in [1.54, 1.807) is 39.0 Å². The zero-order valence-corrected chi connectivity index (χ0v) is 16.2. The summed E-state index contributed by atoms with van der Waals surface area (Å²) in [5.41, 5.74) is 5.34. The van der Waals surface area contributed by atoms with Crippen LogP contribution in [0.4, 0.5) is 11.4 Å². The number of sulfonamides is 1. The van der Waals surface area contributed by atoms with Gasteiger partial charge in [0, 0.05) is 11.1 Å². The molecule has 27 heavy (non-hydrogen) atoms. The van der Waals surface area contributed by atoms with Crippen LogP contribution in [0.5, 0.6) is 0 Å². The molecule has 0 aromatic heterocycles. The predicted octanol–water partition coefficient (Wildman–Crippen LogP) is 2.84. The highest BCUT2D eigenvalue weighted by Crippen LogP contribution is 2.22. The molecule has 0 atom stereocenters. The Morgan fingerprint density at radius 1 is 1.07 bits per heavy atom. The van der Waals surface area contributed by atoms with Crippen molar-refractivity contribution in [3.8, 4) is 0 Å². The number of Topliss-reactive ketones (excluding diaryl/α,β-unsaturated/α-hetero) is 1. The van der Waals surface area contributed by atoms with E-state index < -0.39 is 28.0 Å². The average Bonchev–Trinajstić information content (AvgIpc) is 2.58. The monoisotopic (exact) mass is 390 g/mol. The lowest BCUT2D eigenvalue weighted by Crippen LogP contribution is -2.26. The molecule has 0 heterocycles. The summed E-state index contributed by atoms with van der Waals surface area (Å²) in [7, 11) is -3.95. The molecular formula is C19H22N2O5S. The molecule has 0 amide bonds. The first-order valence-electron chi connectivity index (χ1n) is 8.18. The highest BCUT2D eigenvalue weighted by atomic mass is 32.2. The number of esters is 1. The van der Waals surface area contributed by atoms with Gasteiger partial charge >= 0.3 is 5.97 Å². The molecule has 0 aliphatic heterocycles. The predicted molar refractivity (Wildman–Crippen MR) is 103 cm³/mol. The molecule has 0 unspecified atom stereocenters. The highest BCUT2D eigenvalue weighted by molar-refractivity contribution is 7.92. The van der Waals surface area contributed by atoms with E-state index in [1.165, 1.54) is 30.3 Å². The molecule has 2 rings (SSSR count). The summed E-state index contributed by atoms with van der Waals surface area (Å²) in [6, 6.07) is 11.8. The van der Waals surface area contributed by atoms with Crippen LogP contribution in [0.1, 0.15) is 31.1 Å². The minimum atomic E-state index is -3.95. The number of para-hydroxylation sites is 1. The smallest absolute Gasteiger partial charge is 0.340 e. The number of hydrogen-bond donors (Lipinski definition) is 2. The summed E-state index contributed by atoms with van der Waals surface area (Å²) < 4.78 is 32.5. The van der Waals surface area contributed by atoms with Gasteiger partial charge in [-0.3, -0.25) is 9.52 Å². The maximum atomic E-state index is 12.6. The lowest BCUT2D eigenvalue weighted by molar-refractivity contribution is -0.129. The summed E-state index contributed by atoms with van der Waals surface area (Å²) in [4.78, 5) is 24.2. The van der Waals surface area contributed by atoms with Crippen molar-refractivity contribution in [1.82, 2.24) is 0 Å². The Kier molecular flexibility index (Phi) is 5.90. The van der Waals surface area contributed by atoms with E-state index in [0.29, 0.717) is 5.69 Å². The van der Waals surface area contributed by atoms with Crippen LogP contribution >= 0.6 is 0 Å². The minimum Gasteiger partial charge on any atom is -0.454 e. The van der Waals surface area contributed by atoms with Crippen LogP contribution in [0.2, 0.25) is 0 Å². The SMILES string of the molecule is CC(C)(C)C(=O)COC(=O)c1ccccc1NS(=O)(=O)c1cccc(N)c1. The second kappa shape index (κ2) is 7.79. The highest BCUT2D eigenvalue weighted by Gasteiger charge is 2.24. The molecule has 0 spiro atoms. The molecule has 2 aromatic rings. The molecule has 144 valence electrons. The van der Waals surface area contributed by atoms with Crippen LogP contribution in [-0.4, -0.2) is 26.8 Å². The van der Waals surface area contributed by atoms with Crippen LogP contribution in [0.15, 0.2) is 53.4 Å². The number of nitrogens with two attached hydrogens (primary N) is 1. The van der Waals surface area contributed by atoms with Crippen LogP contribution in [0, 0.1) is 5.41 Å². The van der Waals surface area contributed by atoms with Gasteiger partial charge in [-0.25, -0.2) is 13.2 Å². The van der Waals surface area contributed by atoms with E-state index in [0.717, 1.165) is 0 Å². The largest absolute Gasteiger partial charge is 0.454 e. The fourth-order valence-corrected chi connectivity index (χ4v) is 3.20. The molecular weight excluding hydrogens is 368 g/mol. The van der Waals surface area contributed by atoms with E-state index in [9.17, 15) is 18.0 Å². The first-order chi connectivity index (χ1) is 12.5. The van der Waals surface area contributed by atoms with Gasteiger partial charge in [-0.1, -0.05) is 39.0 Å². The number of ketones is 1. The molecule has 0 saturated carbocycles. The summed E-state index contributed by atoms with van der Waals surface area (Å²) in [5, 5.41) is 0. The van der Waals surface area contributed by atoms with Crippen molar-refractivity contribution in [2.75, 3.05) is 17.1 Å². The van der Waals surface area contributed by atoms with E-state index in [-0.39, 0.29) is 21.9 Å². The maximum Gasteiger partial charge on any atom is 0.340 e. The van der Waals surface area contributed by atoms with Gasteiger partial charge in [0.05, 0.1) is 16.1 Å². The Labute approximate surface area is 158 Å². The Morgan fingerprint density at radius 2 is 1.74 bits per heavy atom. The van der Waals surface area contributed by atoms with Gasteiger partial charge in [0.25, 0.3) is 10.0 Å². The van der Waals surface area contributed by atoms with Crippen LogP contribution in [-0.2, 0) is 19.6 Å². The number of carbonyl (C=O) groups is 2. The third kappa shape index (κ3) is 5.30. The lowest BCUT2D eigenvalue weighted by Gasteiger charge is -2.17. The van der Waals surface area contributed by atoms with Crippen molar-refractivity contribution in [2.24, 2.45) is 5.41 Å². The molecule has 0 radical (unpaired) electrons. The number of rotatable bonds is 6. The van der Waals surface area contributed by atoms with Gasteiger partial charge in [0.15, 0.2) is 12.4 Å². The molecule has 2 aromatic carbocycles. The number of nitrogen functional groups attached to an aromatic ring is 1. The van der Waals surface area contributed by atoms with Gasteiger partial charge < -0.3 is 10.5 Å². The first kappa shape index (κ1) is 20.4. The normalized spacial score (nSPS) is 11.7. The maximum absolute atomic E-state index is 12.6. The molecule has 8 heteroatoms. The molecule has 0 bridgehead atoms. The van der Waals surface area contributed by atoms with E-state index in [4.69, 9.17) is 10.5 Å². The van der Waals surface area contributed by atoms with Gasteiger partial charge in [-0.15, -0.1) is 0 Å². The van der Waals surface area contributed by atoms with Crippen molar-refractivity contribution < 1.29 is 22.7 Å². The summed E-state index contributed by atoms with van der Waals surface area (Å²) >= 11 is 0. The fraction of sp³-hybridized carbons (Fsp3) is 0.263. The fourth-order valence-electron chi connectivity index (χ4n) is 2.06. The zero-order valence-electron chi connectivity index (χ0n) is 15.4. The van der Waals surface area contributed by atoms with E-state index >= 15 is 0 Å². The Morgan fingerprint density at radius 3 is 2.37 bits per heavy atom. The quantitative estimate of drug-likeness (QED) is 0.579. The molecule has 3 N–H and O–H groups in total. The van der Waals surface area contributed by atoms with Crippen molar-refractivity contribution in [2.45, 2.75) is 25.7 Å². The standard InChI is InChI=1S/C19H22N2O5S/c1-19(2,3)17(22)12-26-18(23)15-9-4-5-10-16(15)21-27(24,25)14-8-6-7-13(20)11-14/h4-11,21H,12,20H2,1-3H3. The zero-order chi connectivity index (χ0) is 20.2. The number of ether oxygens (including phenoxy) is 1. The number of anilines is 2. The molecule has 7 nitrogen and oxygen atoms in total. The van der Waals surface area contributed by atoms with Crippen molar-refractivity contribution in [3.63, 3.8) is 0 Å². The van der Waals surface area contributed by atoms with E-state index in [1.807, 2.05) is 0 Å². The van der Waals surface area contributed by atoms with E-state index in [2.05, 4.69) is 4.72 Å². The summed E-state index contributed by atoms with van der Waals surface area (Å²) in [6.45, 7) is 4.77. The van der Waals surface area contributed by atoms with Crippen molar-refractivity contribution in [3.05, 3.63) is 54.1 Å². The van der Waals surface area contributed by atoms with Gasteiger partial charge in [-0.05, 0) is 30.3 Å². The number of benzene rings is 2. The second-order valence-electron chi connectivity index (χ2n) is 6.97. The van der Waals surface area contributed by atoms with Gasteiger partial charge in [0.1, 0.15) is 0 Å². The number of carbonyl (C=O) groups excluding carboxylic acids is 2. The Hall–Kier alpha value is -2.87.